The fraction of sp³-hybridized carbons (Fsp3) is 0.357. The van der Waals surface area contributed by atoms with Crippen LogP contribution in [0.3, 0.4) is 0 Å². The lowest BCUT2D eigenvalue weighted by Gasteiger charge is -2.38. The van der Waals surface area contributed by atoms with Crippen LogP contribution < -0.4 is 4.74 Å². The third-order valence-electron chi connectivity index (χ3n) is 7.12. The first kappa shape index (κ1) is 27.0. The highest BCUT2D eigenvalue weighted by molar-refractivity contribution is 9.10. The largest absolute Gasteiger partial charge is 0.491 e. The highest BCUT2D eigenvalue weighted by Crippen LogP contribution is 2.33. The van der Waals surface area contributed by atoms with Gasteiger partial charge in [0.15, 0.2) is 18.0 Å². The first-order chi connectivity index (χ1) is 18.7. The molecule has 3 heterocycles. The number of hydrogen-bond donors (Lipinski definition) is 0. The van der Waals surface area contributed by atoms with E-state index in [1.807, 2.05) is 25.7 Å². The second-order valence-corrected chi connectivity index (χ2v) is 10.5. The standard InChI is InChI=1S/C28H28BrF2N5O3/c1-5-38-23-7-6-19(26(30)27(23)31)21-12-36(34-33-21)13-22-28(39-14-32-22)18-10-35(11-18)24(37)9-20-15(2)8-16(3)25(29)17(20)4/h6-8,12,14,18H,5,9-11,13H2,1-4H3. The second-order valence-electron chi connectivity index (χ2n) is 9.74. The van der Waals surface area contributed by atoms with Gasteiger partial charge in [0.05, 0.1) is 31.7 Å². The third kappa shape index (κ3) is 5.19. The Labute approximate surface area is 233 Å². The van der Waals surface area contributed by atoms with Crippen molar-refractivity contribution in [1.29, 1.82) is 0 Å². The van der Waals surface area contributed by atoms with Crippen molar-refractivity contribution < 1.29 is 22.7 Å². The lowest BCUT2D eigenvalue weighted by molar-refractivity contribution is -0.135. The Bertz CT molecular complexity index is 1540. The van der Waals surface area contributed by atoms with E-state index in [0.717, 1.165) is 26.7 Å². The molecule has 0 radical (unpaired) electrons. The van der Waals surface area contributed by atoms with Crippen LogP contribution in [0, 0.1) is 32.4 Å². The van der Waals surface area contributed by atoms with E-state index in [1.165, 1.54) is 29.4 Å². The molecular weight excluding hydrogens is 572 g/mol. The number of halogens is 3. The lowest BCUT2D eigenvalue weighted by atomic mass is 9.93. The molecule has 0 N–H and O–H groups in total. The molecule has 204 valence electrons. The minimum atomic E-state index is -1.06. The molecule has 0 saturated carbocycles. The topological polar surface area (TPSA) is 86.3 Å². The molecule has 1 saturated heterocycles. The first-order valence-electron chi connectivity index (χ1n) is 12.6. The number of likely N-dealkylation sites (tertiary alicyclic amines) is 1. The molecule has 2 aromatic carbocycles. The number of rotatable bonds is 8. The van der Waals surface area contributed by atoms with Crippen LogP contribution in [0.15, 0.2) is 39.7 Å². The summed E-state index contributed by atoms with van der Waals surface area (Å²) in [6.45, 7) is 9.33. The van der Waals surface area contributed by atoms with Gasteiger partial charge in [0.1, 0.15) is 17.1 Å². The molecule has 0 bridgehead atoms. The van der Waals surface area contributed by atoms with Gasteiger partial charge in [-0.25, -0.2) is 14.1 Å². The summed E-state index contributed by atoms with van der Waals surface area (Å²) in [7, 11) is 0. The zero-order chi connectivity index (χ0) is 27.8. The van der Waals surface area contributed by atoms with Gasteiger partial charge >= 0.3 is 0 Å². The van der Waals surface area contributed by atoms with Crippen molar-refractivity contribution >= 4 is 21.8 Å². The quantitative estimate of drug-likeness (QED) is 0.265. The molecule has 1 amide bonds. The van der Waals surface area contributed by atoms with E-state index in [-0.39, 0.29) is 42.0 Å². The van der Waals surface area contributed by atoms with Crippen LogP contribution in [0.4, 0.5) is 8.78 Å². The van der Waals surface area contributed by atoms with Gasteiger partial charge in [0, 0.05) is 23.1 Å². The Hall–Kier alpha value is -3.60. The average molecular weight is 600 g/mol. The predicted octanol–water partition coefficient (Wildman–Crippen LogP) is 5.51. The predicted molar refractivity (Wildman–Crippen MR) is 144 cm³/mol. The van der Waals surface area contributed by atoms with E-state index in [1.54, 1.807) is 6.92 Å². The molecular formula is C28H28BrF2N5O3. The van der Waals surface area contributed by atoms with E-state index in [4.69, 9.17) is 9.15 Å². The summed E-state index contributed by atoms with van der Waals surface area (Å²) in [4.78, 5) is 19.2. The number of benzene rings is 2. The molecule has 5 rings (SSSR count). The number of hydrogen-bond acceptors (Lipinski definition) is 6. The normalized spacial score (nSPS) is 13.6. The fourth-order valence-corrected chi connectivity index (χ4v) is 5.31. The summed E-state index contributed by atoms with van der Waals surface area (Å²) in [6, 6.07) is 4.88. The van der Waals surface area contributed by atoms with Gasteiger partial charge in [-0.05, 0) is 62.1 Å². The molecule has 0 unspecified atom stereocenters. The molecule has 0 atom stereocenters. The Morgan fingerprint density at radius 3 is 2.69 bits per heavy atom. The molecule has 39 heavy (non-hydrogen) atoms. The number of oxazole rings is 1. The van der Waals surface area contributed by atoms with Crippen molar-refractivity contribution in [2.24, 2.45) is 0 Å². The summed E-state index contributed by atoms with van der Waals surface area (Å²) < 4.78 is 42.2. The minimum absolute atomic E-state index is 0.0122. The molecule has 1 fully saturated rings. The maximum atomic E-state index is 14.6. The van der Waals surface area contributed by atoms with Gasteiger partial charge in [0.25, 0.3) is 0 Å². The Kier molecular flexibility index (Phi) is 7.53. The summed E-state index contributed by atoms with van der Waals surface area (Å²) >= 11 is 3.63. The van der Waals surface area contributed by atoms with Crippen molar-refractivity contribution in [3.63, 3.8) is 0 Å². The number of aryl methyl sites for hydroxylation is 2. The molecule has 2 aromatic heterocycles. The molecule has 0 spiro atoms. The van der Waals surface area contributed by atoms with Crippen molar-refractivity contribution in [3.05, 3.63) is 80.6 Å². The fourth-order valence-electron chi connectivity index (χ4n) is 4.96. The summed E-state index contributed by atoms with van der Waals surface area (Å²) in [6.07, 6.45) is 3.24. The number of ether oxygens (including phenoxy) is 1. The van der Waals surface area contributed by atoms with E-state index in [2.05, 4.69) is 37.3 Å². The number of carbonyl (C=O) groups is 1. The van der Waals surface area contributed by atoms with Crippen LogP contribution in [0.2, 0.25) is 0 Å². The van der Waals surface area contributed by atoms with Gasteiger partial charge in [0.2, 0.25) is 11.7 Å². The van der Waals surface area contributed by atoms with Crippen molar-refractivity contribution in [2.75, 3.05) is 19.7 Å². The van der Waals surface area contributed by atoms with Gasteiger partial charge in [-0.3, -0.25) is 4.79 Å². The number of carbonyl (C=O) groups excluding carboxylic acids is 1. The minimum Gasteiger partial charge on any atom is -0.491 e. The van der Waals surface area contributed by atoms with Crippen LogP contribution in [0.1, 0.15) is 46.5 Å². The van der Waals surface area contributed by atoms with Gasteiger partial charge in [-0.1, -0.05) is 27.2 Å². The van der Waals surface area contributed by atoms with Crippen LogP contribution >= 0.6 is 15.9 Å². The second kappa shape index (κ2) is 10.9. The van der Waals surface area contributed by atoms with E-state index < -0.39 is 11.6 Å². The van der Waals surface area contributed by atoms with Crippen LogP contribution in [0.25, 0.3) is 11.3 Å². The van der Waals surface area contributed by atoms with Crippen molar-refractivity contribution in [1.82, 2.24) is 24.9 Å². The number of aromatic nitrogens is 4. The Morgan fingerprint density at radius 1 is 1.18 bits per heavy atom. The van der Waals surface area contributed by atoms with Gasteiger partial charge < -0.3 is 14.1 Å². The highest BCUT2D eigenvalue weighted by Gasteiger charge is 2.36. The molecule has 4 aromatic rings. The molecule has 1 aliphatic heterocycles. The van der Waals surface area contributed by atoms with E-state index in [0.29, 0.717) is 31.0 Å². The summed E-state index contributed by atoms with van der Waals surface area (Å²) in [5.74, 6) is -1.49. The van der Waals surface area contributed by atoms with Crippen LogP contribution in [0.5, 0.6) is 5.75 Å². The first-order valence-corrected chi connectivity index (χ1v) is 13.4. The molecule has 11 heteroatoms. The highest BCUT2D eigenvalue weighted by atomic mass is 79.9. The van der Waals surface area contributed by atoms with Gasteiger partial charge in [-0.15, -0.1) is 5.10 Å². The maximum Gasteiger partial charge on any atom is 0.227 e. The SMILES string of the molecule is CCOc1ccc(-c2cn(Cc3ncoc3C3CN(C(=O)Cc4c(C)cc(C)c(Br)c4C)C3)nn2)c(F)c1F. The number of nitrogens with zero attached hydrogens (tertiary/aromatic N) is 5. The molecule has 1 aliphatic rings. The Balaban J connectivity index is 1.24. The monoisotopic (exact) mass is 599 g/mol. The maximum absolute atomic E-state index is 14.6. The van der Waals surface area contributed by atoms with Crippen molar-refractivity contribution in [2.45, 2.75) is 46.6 Å². The van der Waals surface area contributed by atoms with E-state index in [9.17, 15) is 13.6 Å². The van der Waals surface area contributed by atoms with Gasteiger partial charge in [-0.2, -0.15) is 4.39 Å². The zero-order valence-electron chi connectivity index (χ0n) is 22.1. The lowest BCUT2D eigenvalue weighted by Crippen LogP contribution is -2.49. The molecule has 8 nitrogen and oxygen atoms in total. The van der Waals surface area contributed by atoms with Crippen molar-refractivity contribution in [3.8, 4) is 17.0 Å². The smallest absolute Gasteiger partial charge is 0.227 e. The van der Waals surface area contributed by atoms with E-state index >= 15 is 0 Å². The van der Waals surface area contributed by atoms with Crippen LogP contribution in [-0.4, -0.2) is 50.5 Å². The Morgan fingerprint density at radius 2 is 1.95 bits per heavy atom. The van der Waals surface area contributed by atoms with Crippen LogP contribution in [-0.2, 0) is 17.8 Å². The average Bonchev–Trinajstić information content (AvgIpc) is 3.53. The summed E-state index contributed by atoms with van der Waals surface area (Å²) in [5, 5.41) is 8.06. The zero-order valence-corrected chi connectivity index (χ0v) is 23.7. The molecule has 0 aliphatic carbocycles. The number of amides is 1. The third-order valence-corrected chi connectivity index (χ3v) is 8.34. The summed E-state index contributed by atoms with van der Waals surface area (Å²) in [5.41, 5.74) is 5.23.